The van der Waals surface area contributed by atoms with E-state index in [-0.39, 0.29) is 7.43 Å². The van der Waals surface area contributed by atoms with Crippen LogP contribution in [0.1, 0.15) is 53.5 Å². The third-order valence-corrected chi connectivity index (χ3v) is 1.47. The second-order valence-electron chi connectivity index (χ2n) is 4.30. The highest BCUT2D eigenvalue weighted by Gasteiger charge is 1.93. The van der Waals surface area contributed by atoms with Crippen LogP contribution in [-0.4, -0.2) is 0 Å². The summed E-state index contributed by atoms with van der Waals surface area (Å²) in [5.74, 6) is 1.49. The molecule has 82 valence electrons. The Labute approximate surface area is 90.4 Å². The van der Waals surface area contributed by atoms with Gasteiger partial charge in [-0.1, -0.05) is 72.4 Å². The van der Waals surface area contributed by atoms with Crippen LogP contribution >= 0.6 is 0 Å². The summed E-state index contributed by atoms with van der Waals surface area (Å²) in [6, 6.07) is 10.5. The standard InChI is InChI=1S/C9H12.C4H10.CH4/c1-8(2)9-6-4-3-5-7-9;1-4(2)3;/h3-8H,1-2H3;4H,1-3H3;1H4. The lowest BCUT2D eigenvalue weighted by Crippen LogP contribution is -1.83. The molecular formula is C14H26. The van der Waals surface area contributed by atoms with Gasteiger partial charge in [-0.3, -0.25) is 0 Å². The van der Waals surface area contributed by atoms with Crippen LogP contribution < -0.4 is 0 Å². The molecule has 0 saturated heterocycles. The van der Waals surface area contributed by atoms with E-state index in [2.05, 4.69) is 58.9 Å². The summed E-state index contributed by atoms with van der Waals surface area (Å²) < 4.78 is 0. The van der Waals surface area contributed by atoms with E-state index in [1.54, 1.807) is 0 Å². The van der Waals surface area contributed by atoms with Gasteiger partial charge in [0.05, 0.1) is 0 Å². The molecule has 0 fully saturated rings. The Hall–Kier alpha value is -0.780. The highest BCUT2D eigenvalue weighted by atomic mass is 14.0. The summed E-state index contributed by atoms with van der Waals surface area (Å²) in [7, 11) is 0. The molecule has 0 bridgehead atoms. The van der Waals surface area contributed by atoms with Crippen LogP contribution in [0.25, 0.3) is 0 Å². The third-order valence-electron chi connectivity index (χ3n) is 1.47. The second-order valence-corrected chi connectivity index (χ2v) is 4.30. The highest BCUT2D eigenvalue weighted by Crippen LogP contribution is 2.11. The van der Waals surface area contributed by atoms with Crippen molar-refractivity contribution in [1.82, 2.24) is 0 Å². The molecule has 0 amide bonds. The Balaban J connectivity index is 0. The van der Waals surface area contributed by atoms with Crippen LogP contribution in [0.2, 0.25) is 0 Å². The number of hydrogen-bond donors (Lipinski definition) is 0. The Morgan fingerprint density at radius 2 is 1.14 bits per heavy atom. The lowest BCUT2D eigenvalue weighted by molar-refractivity contribution is 0.737. The summed E-state index contributed by atoms with van der Waals surface area (Å²) in [5, 5.41) is 0. The fourth-order valence-electron chi connectivity index (χ4n) is 0.838. The predicted molar refractivity (Wildman–Crippen MR) is 67.8 cm³/mol. The molecule has 0 spiro atoms. The number of benzene rings is 1. The van der Waals surface area contributed by atoms with Crippen molar-refractivity contribution >= 4 is 0 Å². The van der Waals surface area contributed by atoms with Crippen molar-refractivity contribution in [3.8, 4) is 0 Å². The van der Waals surface area contributed by atoms with E-state index in [1.807, 2.05) is 6.07 Å². The maximum atomic E-state index is 2.20. The number of hydrogen-bond acceptors (Lipinski definition) is 0. The molecule has 0 nitrogen and oxygen atoms in total. The van der Waals surface area contributed by atoms with Gasteiger partial charge in [-0.05, 0) is 17.4 Å². The SMILES string of the molecule is C.CC(C)C.CC(C)c1ccccc1. The van der Waals surface area contributed by atoms with Crippen molar-refractivity contribution in [2.45, 2.75) is 48.0 Å². The van der Waals surface area contributed by atoms with E-state index in [4.69, 9.17) is 0 Å². The van der Waals surface area contributed by atoms with Crippen LogP contribution in [0.15, 0.2) is 30.3 Å². The van der Waals surface area contributed by atoms with Crippen LogP contribution in [-0.2, 0) is 0 Å². The van der Waals surface area contributed by atoms with Gasteiger partial charge in [0.15, 0.2) is 0 Å². The summed E-state index contributed by atoms with van der Waals surface area (Å²) in [4.78, 5) is 0. The average Bonchev–Trinajstić information content (AvgIpc) is 2.05. The average molecular weight is 194 g/mol. The van der Waals surface area contributed by atoms with Crippen LogP contribution in [0.5, 0.6) is 0 Å². The van der Waals surface area contributed by atoms with Crippen LogP contribution in [0.3, 0.4) is 0 Å². The van der Waals surface area contributed by atoms with E-state index < -0.39 is 0 Å². The van der Waals surface area contributed by atoms with E-state index in [0.29, 0.717) is 5.92 Å². The maximum Gasteiger partial charge on any atom is -0.0219 e. The quantitative estimate of drug-likeness (QED) is 0.583. The van der Waals surface area contributed by atoms with Gasteiger partial charge in [0.1, 0.15) is 0 Å². The van der Waals surface area contributed by atoms with Gasteiger partial charge < -0.3 is 0 Å². The summed E-state index contributed by atoms with van der Waals surface area (Å²) in [6.45, 7) is 10.9. The first kappa shape index (κ1) is 15.7. The van der Waals surface area contributed by atoms with Crippen molar-refractivity contribution in [2.24, 2.45) is 5.92 Å². The minimum Gasteiger partial charge on any atom is -0.0776 e. The Bertz CT molecular complexity index is 194. The molecule has 0 aliphatic rings. The van der Waals surface area contributed by atoms with Crippen molar-refractivity contribution in [2.75, 3.05) is 0 Å². The monoisotopic (exact) mass is 194 g/mol. The Morgan fingerprint density at radius 3 is 1.36 bits per heavy atom. The van der Waals surface area contributed by atoms with E-state index in [0.717, 1.165) is 5.92 Å². The molecule has 14 heavy (non-hydrogen) atoms. The third kappa shape index (κ3) is 9.31. The fraction of sp³-hybridized carbons (Fsp3) is 0.571. The summed E-state index contributed by atoms with van der Waals surface area (Å²) >= 11 is 0. The molecular weight excluding hydrogens is 168 g/mol. The molecule has 0 aliphatic heterocycles. The van der Waals surface area contributed by atoms with Gasteiger partial charge >= 0.3 is 0 Å². The minimum absolute atomic E-state index is 0. The van der Waals surface area contributed by atoms with Gasteiger partial charge in [-0.2, -0.15) is 0 Å². The van der Waals surface area contributed by atoms with Crippen LogP contribution in [0.4, 0.5) is 0 Å². The lowest BCUT2D eigenvalue weighted by atomic mass is 10.0. The maximum absolute atomic E-state index is 2.20. The van der Waals surface area contributed by atoms with E-state index in [1.165, 1.54) is 5.56 Å². The largest absolute Gasteiger partial charge is 0.0776 e. The van der Waals surface area contributed by atoms with Crippen molar-refractivity contribution in [3.63, 3.8) is 0 Å². The van der Waals surface area contributed by atoms with Gasteiger partial charge in [-0.25, -0.2) is 0 Å². The molecule has 0 atom stereocenters. The molecule has 0 saturated carbocycles. The van der Waals surface area contributed by atoms with Gasteiger partial charge in [-0.15, -0.1) is 0 Å². The molecule has 0 aromatic heterocycles. The van der Waals surface area contributed by atoms with Gasteiger partial charge in [0.2, 0.25) is 0 Å². The topological polar surface area (TPSA) is 0 Å². The van der Waals surface area contributed by atoms with Crippen molar-refractivity contribution < 1.29 is 0 Å². The Kier molecular flexibility index (Phi) is 9.86. The zero-order chi connectivity index (χ0) is 10.3. The minimum atomic E-state index is 0. The normalized spacial score (nSPS) is 9.07. The zero-order valence-corrected chi connectivity index (χ0v) is 9.54. The first-order valence-corrected chi connectivity index (χ1v) is 5.09. The van der Waals surface area contributed by atoms with E-state index in [9.17, 15) is 0 Å². The van der Waals surface area contributed by atoms with Gasteiger partial charge in [0, 0.05) is 0 Å². The molecule has 1 rings (SSSR count). The smallest absolute Gasteiger partial charge is 0.0219 e. The molecule has 0 aliphatic carbocycles. The van der Waals surface area contributed by atoms with E-state index >= 15 is 0 Å². The first-order chi connectivity index (χ1) is 6.04. The highest BCUT2D eigenvalue weighted by molar-refractivity contribution is 5.17. The lowest BCUT2D eigenvalue weighted by Gasteiger charge is -2.01. The summed E-state index contributed by atoms with van der Waals surface area (Å²) in [5.41, 5.74) is 1.41. The zero-order valence-electron chi connectivity index (χ0n) is 9.54. The predicted octanol–water partition coefficient (Wildman–Crippen LogP) is 5.11. The molecule has 1 aromatic carbocycles. The molecule has 0 heterocycles. The molecule has 0 radical (unpaired) electrons. The fourth-order valence-corrected chi connectivity index (χ4v) is 0.838. The van der Waals surface area contributed by atoms with Gasteiger partial charge in [0.25, 0.3) is 0 Å². The van der Waals surface area contributed by atoms with Crippen molar-refractivity contribution in [1.29, 1.82) is 0 Å². The van der Waals surface area contributed by atoms with Crippen LogP contribution in [0, 0.1) is 5.92 Å². The molecule has 0 unspecified atom stereocenters. The molecule has 0 N–H and O–H groups in total. The second kappa shape index (κ2) is 8.80. The molecule has 0 heteroatoms. The number of rotatable bonds is 1. The molecule has 1 aromatic rings. The van der Waals surface area contributed by atoms with Crippen molar-refractivity contribution in [3.05, 3.63) is 35.9 Å². The summed E-state index contributed by atoms with van der Waals surface area (Å²) in [6.07, 6.45) is 0. The first-order valence-electron chi connectivity index (χ1n) is 5.09. The Morgan fingerprint density at radius 1 is 0.786 bits per heavy atom.